The van der Waals surface area contributed by atoms with Crippen LogP contribution in [0, 0.1) is 5.82 Å². The Balaban J connectivity index is 1.85. The molecule has 22 heavy (non-hydrogen) atoms. The molecule has 5 nitrogen and oxygen atoms in total. The van der Waals surface area contributed by atoms with Crippen LogP contribution < -0.4 is 0 Å². The number of nitrogens with zero attached hydrogens (tertiary/aromatic N) is 3. The fourth-order valence-corrected chi connectivity index (χ4v) is 2.41. The third-order valence-corrected chi connectivity index (χ3v) is 3.72. The summed E-state index contributed by atoms with van der Waals surface area (Å²) in [7, 11) is 1.60. The van der Waals surface area contributed by atoms with E-state index < -0.39 is 5.82 Å². The van der Waals surface area contributed by atoms with Crippen molar-refractivity contribution in [1.82, 2.24) is 20.3 Å². The highest BCUT2D eigenvalue weighted by Crippen LogP contribution is 2.21. The lowest BCUT2D eigenvalue weighted by Gasteiger charge is -2.18. The van der Waals surface area contributed by atoms with Gasteiger partial charge in [-0.3, -0.25) is 4.79 Å². The van der Waals surface area contributed by atoms with E-state index in [4.69, 9.17) is 11.6 Å². The first-order valence-electron chi connectivity index (χ1n) is 6.55. The van der Waals surface area contributed by atoms with Crippen LogP contribution in [0.4, 0.5) is 4.39 Å². The maximum absolute atomic E-state index is 13.8. The Morgan fingerprint density at radius 2 is 2.05 bits per heavy atom. The summed E-state index contributed by atoms with van der Waals surface area (Å²) < 4.78 is 13.8. The van der Waals surface area contributed by atoms with E-state index in [0.29, 0.717) is 27.2 Å². The van der Waals surface area contributed by atoms with Gasteiger partial charge in [0.25, 0.3) is 5.91 Å². The molecule has 1 aromatic heterocycles. The van der Waals surface area contributed by atoms with Gasteiger partial charge in [-0.05, 0) is 30.3 Å². The highest BCUT2D eigenvalue weighted by Gasteiger charge is 2.16. The number of amides is 1. The number of hydrogen-bond acceptors (Lipinski definition) is 3. The van der Waals surface area contributed by atoms with Gasteiger partial charge in [-0.1, -0.05) is 17.7 Å². The number of nitrogens with one attached hydrogen (secondary N) is 1. The van der Waals surface area contributed by atoms with Crippen LogP contribution in [0.1, 0.15) is 15.9 Å². The average Bonchev–Trinajstić information content (AvgIpc) is 2.97. The average molecular weight is 319 g/mol. The zero-order chi connectivity index (χ0) is 15.7. The summed E-state index contributed by atoms with van der Waals surface area (Å²) >= 11 is 5.99. The van der Waals surface area contributed by atoms with Gasteiger partial charge in [-0.25, -0.2) is 4.39 Å². The summed E-state index contributed by atoms with van der Waals surface area (Å²) in [5, 5.41) is 10.7. The maximum atomic E-state index is 13.8. The number of hydrogen-bond donors (Lipinski definition) is 1. The van der Waals surface area contributed by atoms with E-state index >= 15 is 0 Å². The first-order valence-corrected chi connectivity index (χ1v) is 6.93. The van der Waals surface area contributed by atoms with Crippen molar-refractivity contribution in [3.8, 4) is 0 Å². The van der Waals surface area contributed by atoms with Crippen LogP contribution in [0.3, 0.4) is 0 Å². The number of fused-ring (bicyclic) bond motifs is 1. The molecule has 1 N–H and O–H groups in total. The summed E-state index contributed by atoms with van der Waals surface area (Å²) in [6.45, 7) is 0.0845. The number of aromatic nitrogens is 3. The molecule has 0 saturated carbocycles. The monoisotopic (exact) mass is 318 g/mol. The van der Waals surface area contributed by atoms with Gasteiger partial charge in [0.05, 0.1) is 0 Å². The van der Waals surface area contributed by atoms with E-state index in [1.807, 2.05) is 0 Å². The molecule has 0 atom stereocenters. The summed E-state index contributed by atoms with van der Waals surface area (Å²) in [4.78, 5) is 13.8. The van der Waals surface area contributed by atoms with Crippen molar-refractivity contribution in [3.05, 3.63) is 58.4 Å². The summed E-state index contributed by atoms with van der Waals surface area (Å²) in [5.74, 6) is -0.677. The quantitative estimate of drug-likeness (QED) is 0.807. The van der Waals surface area contributed by atoms with Crippen molar-refractivity contribution in [2.75, 3.05) is 7.05 Å². The number of carbonyl (C=O) groups is 1. The van der Waals surface area contributed by atoms with Crippen LogP contribution in [0.25, 0.3) is 11.0 Å². The van der Waals surface area contributed by atoms with Crippen LogP contribution >= 0.6 is 11.6 Å². The van der Waals surface area contributed by atoms with E-state index in [1.165, 1.54) is 17.0 Å². The number of benzene rings is 2. The van der Waals surface area contributed by atoms with Crippen LogP contribution in [0.5, 0.6) is 0 Å². The highest BCUT2D eigenvalue weighted by atomic mass is 35.5. The van der Waals surface area contributed by atoms with Crippen molar-refractivity contribution in [2.45, 2.75) is 6.54 Å². The highest BCUT2D eigenvalue weighted by molar-refractivity contribution is 6.31. The van der Waals surface area contributed by atoms with Crippen LogP contribution in [-0.4, -0.2) is 33.3 Å². The molecular weight excluding hydrogens is 307 g/mol. The van der Waals surface area contributed by atoms with Crippen molar-refractivity contribution in [3.63, 3.8) is 0 Å². The Labute approximate surface area is 130 Å². The van der Waals surface area contributed by atoms with E-state index in [9.17, 15) is 9.18 Å². The maximum Gasteiger partial charge on any atom is 0.253 e. The Bertz CT molecular complexity index is 828. The van der Waals surface area contributed by atoms with Crippen molar-refractivity contribution in [1.29, 1.82) is 0 Å². The predicted octanol–water partition coefficient (Wildman–Crippen LogP) is 3.02. The topological polar surface area (TPSA) is 61.9 Å². The van der Waals surface area contributed by atoms with Gasteiger partial charge in [0, 0.05) is 29.7 Å². The minimum atomic E-state index is -0.431. The first-order chi connectivity index (χ1) is 10.6. The van der Waals surface area contributed by atoms with E-state index in [1.54, 1.807) is 31.3 Å². The lowest BCUT2D eigenvalue weighted by molar-refractivity contribution is 0.0784. The second-order valence-corrected chi connectivity index (χ2v) is 5.30. The van der Waals surface area contributed by atoms with Crippen molar-refractivity contribution < 1.29 is 9.18 Å². The second-order valence-electron chi connectivity index (χ2n) is 4.89. The molecule has 0 unspecified atom stereocenters. The smallest absolute Gasteiger partial charge is 0.253 e. The summed E-state index contributed by atoms with van der Waals surface area (Å²) in [6, 6.07) is 9.45. The standard InChI is InChI=1S/C15H12ClFN4O/c1-21(8-10-11(16)3-2-4-12(10)17)15(22)9-5-6-13-14(7-9)19-20-18-13/h2-7H,8H2,1H3,(H,18,19,20). The molecule has 0 saturated heterocycles. The minimum absolute atomic E-state index is 0.0845. The van der Waals surface area contributed by atoms with Crippen molar-refractivity contribution >= 4 is 28.5 Å². The van der Waals surface area contributed by atoms with Gasteiger partial charge in [-0.15, -0.1) is 0 Å². The van der Waals surface area contributed by atoms with Crippen LogP contribution in [-0.2, 0) is 6.54 Å². The number of carbonyl (C=O) groups excluding carboxylic acids is 1. The molecule has 3 rings (SSSR count). The molecule has 0 spiro atoms. The van der Waals surface area contributed by atoms with Gasteiger partial charge in [0.1, 0.15) is 16.9 Å². The third-order valence-electron chi connectivity index (χ3n) is 3.37. The van der Waals surface area contributed by atoms with Gasteiger partial charge in [0.15, 0.2) is 0 Å². The largest absolute Gasteiger partial charge is 0.337 e. The Hall–Kier alpha value is -2.47. The number of rotatable bonds is 3. The molecule has 7 heteroatoms. The van der Waals surface area contributed by atoms with Gasteiger partial charge in [-0.2, -0.15) is 15.4 Å². The lowest BCUT2D eigenvalue weighted by atomic mass is 10.1. The fraction of sp³-hybridized carbons (Fsp3) is 0.133. The molecule has 1 amide bonds. The van der Waals surface area contributed by atoms with Gasteiger partial charge in [0.2, 0.25) is 0 Å². The number of halogens is 2. The first kappa shape index (κ1) is 14.5. The van der Waals surface area contributed by atoms with E-state index in [2.05, 4.69) is 15.4 Å². The Morgan fingerprint density at radius 1 is 1.27 bits per heavy atom. The summed E-state index contributed by atoms with van der Waals surface area (Å²) in [6.07, 6.45) is 0. The molecular formula is C15H12ClFN4O. The van der Waals surface area contributed by atoms with E-state index in [0.717, 1.165) is 0 Å². The number of H-pyrrole nitrogens is 1. The molecule has 112 valence electrons. The second kappa shape index (κ2) is 5.73. The molecule has 0 fully saturated rings. The molecule has 0 aliphatic carbocycles. The van der Waals surface area contributed by atoms with Crippen LogP contribution in [0.15, 0.2) is 36.4 Å². The molecule has 0 aliphatic heterocycles. The van der Waals surface area contributed by atoms with Gasteiger partial charge < -0.3 is 4.90 Å². The van der Waals surface area contributed by atoms with Gasteiger partial charge >= 0.3 is 0 Å². The molecule has 0 bridgehead atoms. The van der Waals surface area contributed by atoms with E-state index in [-0.39, 0.29) is 12.5 Å². The van der Waals surface area contributed by atoms with Crippen LogP contribution in [0.2, 0.25) is 5.02 Å². The Morgan fingerprint density at radius 3 is 2.82 bits per heavy atom. The molecule has 0 aliphatic rings. The lowest BCUT2D eigenvalue weighted by Crippen LogP contribution is -2.26. The molecule has 1 heterocycles. The summed E-state index contributed by atoms with van der Waals surface area (Å²) in [5.41, 5.74) is 2.03. The molecule has 0 radical (unpaired) electrons. The number of aromatic amines is 1. The normalized spacial score (nSPS) is 10.9. The molecule has 3 aromatic rings. The minimum Gasteiger partial charge on any atom is -0.337 e. The molecule has 2 aromatic carbocycles. The third kappa shape index (κ3) is 2.65. The predicted molar refractivity (Wildman–Crippen MR) is 81.1 cm³/mol. The zero-order valence-electron chi connectivity index (χ0n) is 11.7. The SMILES string of the molecule is CN(Cc1c(F)cccc1Cl)C(=O)c1ccc2n[nH]nc2c1. The fourth-order valence-electron chi connectivity index (χ4n) is 2.19. The van der Waals surface area contributed by atoms with Crippen molar-refractivity contribution in [2.24, 2.45) is 0 Å². The Kier molecular flexibility index (Phi) is 3.77. The zero-order valence-corrected chi connectivity index (χ0v) is 12.4.